The minimum Gasteiger partial charge on any atom is -0.348 e. The number of pyridine rings is 1. The summed E-state index contributed by atoms with van der Waals surface area (Å²) in [6.45, 7) is 1.88. The molecule has 0 bridgehead atoms. The number of halogens is 3. The zero-order valence-corrected chi connectivity index (χ0v) is 15.7. The first-order valence-corrected chi connectivity index (χ1v) is 9.56. The number of benzene rings is 1. The Bertz CT molecular complexity index is 1010. The van der Waals surface area contributed by atoms with Crippen LogP contribution in [0.1, 0.15) is 45.9 Å². The van der Waals surface area contributed by atoms with Gasteiger partial charge in [0.1, 0.15) is 0 Å². The van der Waals surface area contributed by atoms with Gasteiger partial charge in [-0.3, -0.25) is 4.79 Å². The summed E-state index contributed by atoms with van der Waals surface area (Å²) in [6, 6.07) is 12.5. The van der Waals surface area contributed by atoms with Gasteiger partial charge in [-0.05, 0) is 55.1 Å². The lowest BCUT2D eigenvalue weighted by Gasteiger charge is -2.23. The van der Waals surface area contributed by atoms with Crippen LogP contribution in [0.5, 0.6) is 0 Å². The number of carbonyl (C=O) groups excluding carboxylic acids is 1. The number of nitrogens with zero attached hydrogens (tertiary/aromatic N) is 2. The molecule has 0 radical (unpaired) electrons. The average molecular weight is 402 g/mol. The van der Waals surface area contributed by atoms with Crippen molar-refractivity contribution in [2.75, 3.05) is 13.1 Å². The average Bonchev–Trinajstić information content (AvgIpc) is 3.13. The quantitative estimate of drug-likeness (QED) is 0.699. The molecule has 3 heterocycles. The molecule has 0 aliphatic carbocycles. The fraction of sp³-hybridized carbons (Fsp3) is 0.333. The molecule has 152 valence electrons. The van der Waals surface area contributed by atoms with Crippen LogP contribution in [0.2, 0.25) is 0 Å². The van der Waals surface area contributed by atoms with Crippen molar-refractivity contribution < 1.29 is 18.0 Å². The fourth-order valence-corrected chi connectivity index (χ4v) is 3.76. The monoisotopic (exact) mass is 402 g/mol. The Balaban J connectivity index is 1.71. The number of hydrogen-bond acceptors (Lipinski definition) is 3. The molecule has 0 unspecified atom stereocenters. The second-order valence-electron chi connectivity index (χ2n) is 7.20. The van der Waals surface area contributed by atoms with Crippen molar-refractivity contribution in [3.05, 3.63) is 71.0 Å². The van der Waals surface area contributed by atoms with E-state index in [0.717, 1.165) is 41.6 Å². The minimum absolute atomic E-state index is 0.141. The maximum absolute atomic E-state index is 13.6. The zero-order valence-electron chi connectivity index (χ0n) is 15.7. The number of nitrogens with one attached hydrogen (secondary N) is 2. The summed E-state index contributed by atoms with van der Waals surface area (Å²) in [5, 5.41) is 9.54. The SMILES string of the molecule is O=C(NCc1ccccc1)c1c(C(F)(F)F)nn2ccc(C3CCNCC3)cc12. The molecule has 4 rings (SSSR count). The van der Waals surface area contributed by atoms with E-state index in [4.69, 9.17) is 0 Å². The highest BCUT2D eigenvalue weighted by Gasteiger charge is 2.40. The first-order chi connectivity index (χ1) is 13.9. The van der Waals surface area contributed by atoms with Crippen LogP contribution in [0.15, 0.2) is 48.7 Å². The van der Waals surface area contributed by atoms with Crippen molar-refractivity contribution >= 4 is 11.4 Å². The third kappa shape index (κ3) is 4.12. The molecular formula is C21H21F3N4O. The van der Waals surface area contributed by atoms with Gasteiger partial charge in [0.05, 0.1) is 11.1 Å². The largest absolute Gasteiger partial charge is 0.436 e. The molecule has 29 heavy (non-hydrogen) atoms. The Hall–Kier alpha value is -2.87. The smallest absolute Gasteiger partial charge is 0.348 e. The predicted octanol–water partition coefficient (Wildman–Crippen LogP) is 3.75. The van der Waals surface area contributed by atoms with Gasteiger partial charge in [-0.25, -0.2) is 4.52 Å². The maximum atomic E-state index is 13.6. The van der Waals surface area contributed by atoms with Crippen LogP contribution < -0.4 is 10.6 Å². The van der Waals surface area contributed by atoms with Crippen molar-refractivity contribution in [1.29, 1.82) is 0 Å². The predicted molar refractivity (Wildman–Crippen MR) is 103 cm³/mol. The van der Waals surface area contributed by atoms with Crippen LogP contribution in [-0.2, 0) is 12.7 Å². The lowest BCUT2D eigenvalue weighted by molar-refractivity contribution is -0.141. The molecule has 5 nitrogen and oxygen atoms in total. The molecule has 1 fully saturated rings. The number of aromatic nitrogens is 2. The second kappa shape index (κ2) is 7.87. The lowest BCUT2D eigenvalue weighted by Crippen LogP contribution is -2.27. The van der Waals surface area contributed by atoms with Crippen molar-refractivity contribution in [2.45, 2.75) is 31.5 Å². The molecular weight excluding hydrogens is 381 g/mol. The van der Waals surface area contributed by atoms with Crippen molar-refractivity contribution in [3.8, 4) is 0 Å². The van der Waals surface area contributed by atoms with Gasteiger partial charge in [0.2, 0.25) is 0 Å². The van der Waals surface area contributed by atoms with Gasteiger partial charge in [-0.1, -0.05) is 30.3 Å². The van der Waals surface area contributed by atoms with Gasteiger partial charge in [-0.15, -0.1) is 0 Å². The maximum Gasteiger partial charge on any atom is 0.436 e. The molecule has 1 saturated heterocycles. The number of rotatable bonds is 4. The van der Waals surface area contributed by atoms with E-state index in [9.17, 15) is 18.0 Å². The van der Waals surface area contributed by atoms with Crippen LogP contribution in [0.3, 0.4) is 0 Å². The summed E-state index contributed by atoms with van der Waals surface area (Å²) in [5.41, 5.74) is 0.333. The van der Waals surface area contributed by atoms with Crippen LogP contribution in [0.4, 0.5) is 13.2 Å². The molecule has 2 N–H and O–H groups in total. The molecule has 1 aromatic carbocycles. The fourth-order valence-electron chi connectivity index (χ4n) is 3.76. The standard InChI is InChI=1S/C21H21F3N4O/c22-21(23,24)19-18(20(29)26-13-14-4-2-1-3-5-14)17-12-16(8-11-28(17)27-19)15-6-9-25-10-7-15/h1-5,8,11-12,15,25H,6-7,9-10,13H2,(H,26,29). The van der Waals surface area contributed by atoms with E-state index in [1.165, 1.54) is 6.20 Å². The van der Waals surface area contributed by atoms with Crippen molar-refractivity contribution in [3.63, 3.8) is 0 Å². The topological polar surface area (TPSA) is 58.4 Å². The minimum atomic E-state index is -4.72. The number of fused-ring (bicyclic) bond motifs is 1. The number of hydrogen-bond donors (Lipinski definition) is 2. The first-order valence-electron chi connectivity index (χ1n) is 9.56. The van der Waals surface area contributed by atoms with E-state index in [2.05, 4.69) is 15.7 Å². The lowest BCUT2D eigenvalue weighted by atomic mass is 9.90. The van der Waals surface area contributed by atoms with Gasteiger partial charge in [0.15, 0.2) is 5.69 Å². The van der Waals surface area contributed by atoms with Gasteiger partial charge < -0.3 is 10.6 Å². The highest BCUT2D eigenvalue weighted by Crippen LogP contribution is 2.34. The van der Waals surface area contributed by atoms with Gasteiger partial charge in [0.25, 0.3) is 5.91 Å². The number of carbonyl (C=O) groups is 1. The van der Waals surface area contributed by atoms with E-state index < -0.39 is 23.3 Å². The summed E-state index contributed by atoms with van der Waals surface area (Å²) in [4.78, 5) is 12.8. The van der Waals surface area contributed by atoms with E-state index in [-0.39, 0.29) is 18.0 Å². The Morgan fingerprint density at radius 2 is 1.90 bits per heavy atom. The summed E-state index contributed by atoms with van der Waals surface area (Å²) in [6.07, 6.45) is -1.39. The van der Waals surface area contributed by atoms with E-state index in [1.54, 1.807) is 24.3 Å². The van der Waals surface area contributed by atoms with Crippen LogP contribution in [0.25, 0.3) is 5.52 Å². The number of amides is 1. The first kappa shape index (κ1) is 19.4. The van der Waals surface area contributed by atoms with Gasteiger partial charge in [0, 0.05) is 12.7 Å². The Morgan fingerprint density at radius 3 is 2.59 bits per heavy atom. The molecule has 2 aromatic heterocycles. The van der Waals surface area contributed by atoms with Crippen LogP contribution in [-0.4, -0.2) is 28.6 Å². The third-order valence-corrected chi connectivity index (χ3v) is 5.26. The highest BCUT2D eigenvalue weighted by molar-refractivity contribution is 6.02. The molecule has 1 aliphatic heterocycles. The molecule has 0 atom stereocenters. The summed E-state index contributed by atoms with van der Waals surface area (Å²) in [5.74, 6) is -0.524. The van der Waals surface area contributed by atoms with E-state index in [1.807, 2.05) is 18.2 Å². The number of alkyl halides is 3. The Kier molecular flexibility index (Phi) is 5.27. The molecule has 3 aromatic rings. The van der Waals surface area contributed by atoms with Crippen LogP contribution >= 0.6 is 0 Å². The van der Waals surface area contributed by atoms with E-state index >= 15 is 0 Å². The molecule has 0 saturated carbocycles. The zero-order chi connectivity index (χ0) is 20.4. The van der Waals surface area contributed by atoms with E-state index in [0.29, 0.717) is 0 Å². The Labute approximate surface area is 165 Å². The summed E-state index contributed by atoms with van der Waals surface area (Å²) >= 11 is 0. The highest BCUT2D eigenvalue weighted by atomic mass is 19.4. The van der Waals surface area contributed by atoms with Crippen molar-refractivity contribution in [1.82, 2.24) is 20.2 Å². The molecule has 8 heteroatoms. The third-order valence-electron chi connectivity index (χ3n) is 5.26. The molecule has 0 spiro atoms. The summed E-state index contributed by atoms with van der Waals surface area (Å²) in [7, 11) is 0. The molecule has 1 amide bonds. The molecule has 1 aliphatic rings. The normalized spacial score (nSPS) is 15.6. The summed E-state index contributed by atoms with van der Waals surface area (Å²) < 4.78 is 41.9. The van der Waals surface area contributed by atoms with Gasteiger partial charge in [-0.2, -0.15) is 18.3 Å². The second-order valence-corrected chi connectivity index (χ2v) is 7.20. The van der Waals surface area contributed by atoms with Crippen molar-refractivity contribution in [2.24, 2.45) is 0 Å². The van der Waals surface area contributed by atoms with Gasteiger partial charge >= 0.3 is 6.18 Å². The Morgan fingerprint density at radius 1 is 1.17 bits per heavy atom. The van der Waals surface area contributed by atoms with Crippen LogP contribution in [0, 0.1) is 0 Å². The number of piperidine rings is 1.